The van der Waals surface area contributed by atoms with Gasteiger partial charge in [0.25, 0.3) is 0 Å². The lowest BCUT2D eigenvalue weighted by Gasteiger charge is -2.41. The number of rotatable bonds is 6. The molecular formula is C20H29NO6. The molecule has 1 rings (SSSR count). The van der Waals surface area contributed by atoms with Gasteiger partial charge in [0.15, 0.2) is 5.54 Å². The lowest BCUT2D eigenvalue weighted by Crippen LogP contribution is -2.63. The zero-order chi connectivity index (χ0) is 20.9. The minimum atomic E-state index is -1.89. The highest BCUT2D eigenvalue weighted by Gasteiger charge is 2.52. The van der Waals surface area contributed by atoms with Crippen molar-refractivity contribution in [1.29, 1.82) is 0 Å². The first-order valence-electron chi connectivity index (χ1n) is 8.71. The molecule has 0 aromatic heterocycles. The Balaban J connectivity index is 2.98. The quantitative estimate of drug-likeness (QED) is 0.733. The van der Waals surface area contributed by atoms with Gasteiger partial charge in [0.2, 0.25) is 0 Å². The summed E-state index contributed by atoms with van der Waals surface area (Å²) in [5, 5.41) is 12.3. The molecule has 1 aromatic carbocycles. The third-order valence-corrected chi connectivity index (χ3v) is 4.00. The fourth-order valence-electron chi connectivity index (χ4n) is 2.47. The van der Waals surface area contributed by atoms with Gasteiger partial charge < -0.3 is 19.9 Å². The number of alkyl carbamates (subject to hydrolysis) is 1. The molecule has 0 saturated carbocycles. The van der Waals surface area contributed by atoms with E-state index < -0.39 is 41.0 Å². The molecule has 0 spiro atoms. The number of carboxylic acid groups (broad SMARTS) is 1. The number of amides is 1. The van der Waals surface area contributed by atoms with E-state index >= 15 is 0 Å². The van der Waals surface area contributed by atoms with Gasteiger partial charge in [-0.2, -0.15) is 0 Å². The van der Waals surface area contributed by atoms with Crippen molar-refractivity contribution in [2.24, 2.45) is 5.41 Å². The number of esters is 1. The second kappa shape index (κ2) is 8.41. The fraction of sp³-hybridized carbons (Fsp3) is 0.550. The molecule has 0 fully saturated rings. The Morgan fingerprint density at radius 1 is 1.00 bits per heavy atom. The third kappa shape index (κ3) is 6.58. The first kappa shape index (κ1) is 22.5. The molecule has 1 atom stereocenters. The summed E-state index contributed by atoms with van der Waals surface area (Å²) < 4.78 is 10.4. The molecule has 0 aliphatic rings. The molecule has 150 valence electrons. The number of carboxylic acids is 1. The standard InChI is InChI=1S/C20H29NO6/c1-18(2,3)20(16(23)24,12-15(22)27-19(4,5)6)21-17(25)26-13-14-10-8-7-9-11-14/h7-11H,12-13H2,1-6H3,(H,21,25)(H,23,24)/t20-/m0/s1. The summed E-state index contributed by atoms with van der Waals surface area (Å²) in [6.45, 7) is 9.93. The number of hydrogen-bond donors (Lipinski definition) is 2. The highest BCUT2D eigenvalue weighted by molar-refractivity contribution is 5.90. The second-order valence-electron chi connectivity index (χ2n) is 8.41. The van der Waals surface area contributed by atoms with Gasteiger partial charge in [0.05, 0.1) is 6.42 Å². The van der Waals surface area contributed by atoms with Crippen LogP contribution in [0.15, 0.2) is 30.3 Å². The number of carbonyl (C=O) groups excluding carboxylic acids is 2. The van der Waals surface area contributed by atoms with Gasteiger partial charge in [-0.15, -0.1) is 0 Å². The first-order chi connectivity index (χ1) is 12.3. The van der Waals surface area contributed by atoms with Crippen LogP contribution in [0.3, 0.4) is 0 Å². The van der Waals surface area contributed by atoms with Crippen LogP contribution < -0.4 is 5.32 Å². The zero-order valence-electron chi connectivity index (χ0n) is 16.8. The van der Waals surface area contributed by atoms with E-state index in [0.29, 0.717) is 0 Å². The monoisotopic (exact) mass is 379 g/mol. The van der Waals surface area contributed by atoms with Gasteiger partial charge in [-0.1, -0.05) is 51.1 Å². The molecule has 0 heterocycles. The maximum absolute atomic E-state index is 12.3. The second-order valence-corrected chi connectivity index (χ2v) is 8.41. The highest BCUT2D eigenvalue weighted by Crippen LogP contribution is 2.35. The Morgan fingerprint density at radius 3 is 2.00 bits per heavy atom. The van der Waals surface area contributed by atoms with Crippen molar-refractivity contribution in [3.63, 3.8) is 0 Å². The molecule has 0 saturated heterocycles. The van der Waals surface area contributed by atoms with Crippen LogP contribution in [0.5, 0.6) is 0 Å². The number of benzene rings is 1. The SMILES string of the molecule is CC(C)(C)OC(=O)C[C@](NC(=O)OCc1ccccc1)(C(=O)O)C(C)(C)C. The van der Waals surface area contributed by atoms with E-state index in [4.69, 9.17) is 9.47 Å². The van der Waals surface area contributed by atoms with Gasteiger partial charge in [-0.25, -0.2) is 9.59 Å². The Bertz CT molecular complexity index is 672. The number of ether oxygens (including phenoxy) is 2. The summed E-state index contributed by atoms with van der Waals surface area (Å²) in [4.78, 5) is 36.7. The molecule has 0 aliphatic heterocycles. The van der Waals surface area contributed by atoms with E-state index in [-0.39, 0.29) is 6.61 Å². The van der Waals surface area contributed by atoms with Crippen molar-refractivity contribution in [3.05, 3.63) is 35.9 Å². The average Bonchev–Trinajstić information content (AvgIpc) is 2.50. The van der Waals surface area contributed by atoms with Crippen molar-refractivity contribution in [3.8, 4) is 0 Å². The lowest BCUT2D eigenvalue weighted by atomic mass is 9.71. The van der Waals surface area contributed by atoms with Crippen molar-refractivity contribution in [2.75, 3.05) is 0 Å². The van der Waals surface area contributed by atoms with E-state index in [1.54, 1.807) is 65.8 Å². The van der Waals surface area contributed by atoms with Crippen LogP contribution in [-0.2, 0) is 25.7 Å². The normalized spacial score (nSPS) is 14.0. The minimum absolute atomic E-state index is 0.0149. The third-order valence-electron chi connectivity index (χ3n) is 4.00. The van der Waals surface area contributed by atoms with Gasteiger partial charge >= 0.3 is 18.0 Å². The number of nitrogens with one attached hydrogen (secondary N) is 1. The van der Waals surface area contributed by atoms with E-state index in [1.807, 2.05) is 6.07 Å². The Labute approximate surface area is 160 Å². The average molecular weight is 379 g/mol. The van der Waals surface area contributed by atoms with Crippen LogP contribution in [0.2, 0.25) is 0 Å². The predicted molar refractivity (Wildman–Crippen MR) is 100 cm³/mol. The number of aliphatic carboxylic acids is 1. The Morgan fingerprint density at radius 2 is 1.56 bits per heavy atom. The van der Waals surface area contributed by atoms with Crippen molar-refractivity contribution in [1.82, 2.24) is 5.32 Å². The van der Waals surface area contributed by atoms with E-state index in [1.165, 1.54) is 0 Å². The number of hydrogen-bond acceptors (Lipinski definition) is 5. The molecule has 0 radical (unpaired) electrons. The zero-order valence-corrected chi connectivity index (χ0v) is 16.8. The largest absolute Gasteiger partial charge is 0.479 e. The van der Waals surface area contributed by atoms with Crippen molar-refractivity contribution in [2.45, 2.75) is 65.7 Å². The molecule has 0 aliphatic carbocycles. The van der Waals surface area contributed by atoms with E-state index in [9.17, 15) is 19.5 Å². The van der Waals surface area contributed by atoms with Crippen LogP contribution in [0.25, 0.3) is 0 Å². The molecule has 0 unspecified atom stereocenters. The van der Waals surface area contributed by atoms with Gasteiger partial charge in [0.1, 0.15) is 12.2 Å². The van der Waals surface area contributed by atoms with Gasteiger partial charge in [-0.05, 0) is 31.7 Å². The maximum Gasteiger partial charge on any atom is 0.408 e. The summed E-state index contributed by atoms with van der Waals surface area (Å²) in [5.41, 5.74) is -2.88. The molecule has 7 heteroatoms. The summed E-state index contributed by atoms with van der Waals surface area (Å²) in [6, 6.07) is 9.00. The van der Waals surface area contributed by atoms with Gasteiger partial charge in [0, 0.05) is 0 Å². The Kier molecular flexibility index (Phi) is 7.00. The van der Waals surface area contributed by atoms with E-state index in [0.717, 1.165) is 5.56 Å². The predicted octanol–water partition coefficient (Wildman–Crippen LogP) is 3.51. The molecular weight excluding hydrogens is 350 g/mol. The van der Waals surface area contributed by atoms with Crippen LogP contribution in [0, 0.1) is 5.41 Å². The fourth-order valence-corrected chi connectivity index (χ4v) is 2.47. The van der Waals surface area contributed by atoms with Crippen LogP contribution >= 0.6 is 0 Å². The Hall–Kier alpha value is -2.57. The molecule has 0 bridgehead atoms. The number of carbonyl (C=O) groups is 3. The van der Waals surface area contributed by atoms with Crippen molar-refractivity contribution < 1.29 is 29.0 Å². The topological polar surface area (TPSA) is 102 Å². The molecule has 1 amide bonds. The highest BCUT2D eigenvalue weighted by atomic mass is 16.6. The molecule has 7 nitrogen and oxygen atoms in total. The van der Waals surface area contributed by atoms with Gasteiger partial charge in [-0.3, -0.25) is 4.79 Å². The van der Waals surface area contributed by atoms with Crippen molar-refractivity contribution >= 4 is 18.0 Å². The first-order valence-corrected chi connectivity index (χ1v) is 8.71. The summed E-state index contributed by atoms with van der Waals surface area (Å²) >= 11 is 0. The molecule has 27 heavy (non-hydrogen) atoms. The molecule has 1 aromatic rings. The van der Waals surface area contributed by atoms with E-state index in [2.05, 4.69) is 5.32 Å². The smallest absolute Gasteiger partial charge is 0.408 e. The summed E-state index contributed by atoms with van der Waals surface area (Å²) in [7, 11) is 0. The maximum atomic E-state index is 12.3. The summed E-state index contributed by atoms with van der Waals surface area (Å²) in [5.74, 6) is -2.05. The van der Waals surface area contributed by atoms with Crippen LogP contribution in [-0.4, -0.2) is 34.3 Å². The summed E-state index contributed by atoms with van der Waals surface area (Å²) in [6.07, 6.45) is -1.44. The lowest BCUT2D eigenvalue weighted by molar-refractivity contribution is -0.165. The minimum Gasteiger partial charge on any atom is -0.479 e. The molecule has 2 N–H and O–H groups in total. The van der Waals surface area contributed by atoms with Crippen LogP contribution in [0.1, 0.15) is 53.5 Å². The van der Waals surface area contributed by atoms with Crippen LogP contribution in [0.4, 0.5) is 4.79 Å².